The van der Waals surface area contributed by atoms with Gasteiger partial charge in [-0.2, -0.15) is 0 Å². The van der Waals surface area contributed by atoms with Crippen LogP contribution >= 0.6 is 0 Å². The highest BCUT2D eigenvalue weighted by Gasteiger charge is 2.17. The molecule has 1 unspecified atom stereocenters. The van der Waals surface area contributed by atoms with Crippen LogP contribution in [-0.2, 0) is 12.8 Å². The van der Waals surface area contributed by atoms with Gasteiger partial charge in [-0.25, -0.2) is 4.98 Å². The zero-order valence-corrected chi connectivity index (χ0v) is 8.74. The maximum Gasteiger partial charge on any atom is 0.109 e. The van der Waals surface area contributed by atoms with Gasteiger partial charge in [-0.05, 0) is 32.6 Å². The fourth-order valence-corrected chi connectivity index (χ4v) is 2.13. The van der Waals surface area contributed by atoms with Crippen molar-refractivity contribution in [3.8, 4) is 0 Å². The first kappa shape index (κ1) is 9.71. The molecule has 2 heterocycles. The molecule has 1 aliphatic rings. The minimum Gasteiger partial charge on any atom is -0.396 e. The van der Waals surface area contributed by atoms with Crippen LogP contribution in [0.4, 0.5) is 0 Å². The van der Waals surface area contributed by atoms with E-state index in [0.717, 1.165) is 25.0 Å². The fraction of sp³-hybridized carbons (Fsp3) is 0.727. The zero-order chi connectivity index (χ0) is 9.97. The molecule has 0 spiro atoms. The van der Waals surface area contributed by atoms with Crippen molar-refractivity contribution < 1.29 is 5.11 Å². The van der Waals surface area contributed by atoms with E-state index < -0.39 is 0 Å². The molecule has 14 heavy (non-hydrogen) atoms. The van der Waals surface area contributed by atoms with Gasteiger partial charge < -0.3 is 9.67 Å². The van der Waals surface area contributed by atoms with Gasteiger partial charge in [-0.3, -0.25) is 0 Å². The number of hydrogen-bond acceptors (Lipinski definition) is 2. The average Bonchev–Trinajstić information content (AvgIpc) is 2.59. The predicted molar refractivity (Wildman–Crippen MR) is 55.3 cm³/mol. The summed E-state index contributed by atoms with van der Waals surface area (Å²) in [4.78, 5) is 4.59. The second-order valence-corrected chi connectivity index (χ2v) is 4.12. The first-order valence-electron chi connectivity index (χ1n) is 5.48. The molecule has 2 rings (SSSR count). The molecule has 3 nitrogen and oxygen atoms in total. The Balaban J connectivity index is 2.13. The quantitative estimate of drug-likeness (QED) is 0.795. The molecule has 0 bridgehead atoms. The van der Waals surface area contributed by atoms with Crippen LogP contribution < -0.4 is 0 Å². The molecule has 0 radical (unpaired) electrons. The summed E-state index contributed by atoms with van der Waals surface area (Å²) in [5.74, 6) is 1.23. The molecule has 0 saturated heterocycles. The summed E-state index contributed by atoms with van der Waals surface area (Å²) in [5, 5.41) is 8.75. The molecule has 78 valence electrons. The summed E-state index contributed by atoms with van der Waals surface area (Å²) in [6, 6.07) is 0.606. The second kappa shape index (κ2) is 4.13. The van der Waals surface area contributed by atoms with E-state index in [4.69, 9.17) is 5.11 Å². The third kappa shape index (κ3) is 1.82. The average molecular weight is 194 g/mol. The molecule has 1 aliphatic heterocycles. The van der Waals surface area contributed by atoms with Gasteiger partial charge in [-0.15, -0.1) is 0 Å². The molecule has 0 saturated carbocycles. The Morgan fingerprint density at radius 1 is 1.64 bits per heavy atom. The Bertz CT molecular complexity index is 306. The van der Waals surface area contributed by atoms with Crippen LogP contribution in [0.5, 0.6) is 0 Å². The van der Waals surface area contributed by atoms with E-state index in [1.54, 1.807) is 0 Å². The van der Waals surface area contributed by atoms with E-state index in [1.165, 1.54) is 18.7 Å². The Hall–Kier alpha value is -0.830. The van der Waals surface area contributed by atoms with Gasteiger partial charge in [0.05, 0.1) is 5.69 Å². The van der Waals surface area contributed by atoms with E-state index in [9.17, 15) is 0 Å². The minimum atomic E-state index is 0.262. The maximum absolute atomic E-state index is 8.75. The standard InChI is InChI=1S/C11H18N2O/c1-9-4-2-6-11-12-10(5-3-7-14)8-13(9)11/h8-9,14H,2-7H2,1H3. The van der Waals surface area contributed by atoms with Crippen molar-refractivity contribution in [3.05, 3.63) is 17.7 Å². The third-order valence-electron chi connectivity index (χ3n) is 2.95. The smallest absolute Gasteiger partial charge is 0.109 e. The van der Waals surface area contributed by atoms with Crippen molar-refractivity contribution in [1.82, 2.24) is 9.55 Å². The van der Waals surface area contributed by atoms with Crippen molar-refractivity contribution in [3.63, 3.8) is 0 Å². The number of imidazole rings is 1. The van der Waals surface area contributed by atoms with Crippen LogP contribution in [0.1, 0.15) is 43.7 Å². The summed E-state index contributed by atoms with van der Waals surface area (Å²) in [5.41, 5.74) is 1.14. The summed E-state index contributed by atoms with van der Waals surface area (Å²) in [7, 11) is 0. The monoisotopic (exact) mass is 194 g/mol. The van der Waals surface area contributed by atoms with Crippen LogP contribution in [0.2, 0.25) is 0 Å². The summed E-state index contributed by atoms with van der Waals surface area (Å²) in [6.07, 6.45) is 7.53. The molecule has 1 N–H and O–H groups in total. The number of fused-ring (bicyclic) bond motifs is 1. The molecule has 0 aromatic carbocycles. The fourth-order valence-electron chi connectivity index (χ4n) is 2.13. The largest absolute Gasteiger partial charge is 0.396 e. The van der Waals surface area contributed by atoms with Crippen LogP contribution in [0.3, 0.4) is 0 Å². The van der Waals surface area contributed by atoms with E-state index in [0.29, 0.717) is 6.04 Å². The molecule has 1 aromatic heterocycles. The Labute approximate surface area is 84.8 Å². The number of aliphatic hydroxyl groups is 1. The normalized spacial score (nSPS) is 20.9. The van der Waals surface area contributed by atoms with Gasteiger partial charge in [0.15, 0.2) is 0 Å². The van der Waals surface area contributed by atoms with Crippen molar-refractivity contribution >= 4 is 0 Å². The summed E-state index contributed by atoms with van der Waals surface area (Å²) < 4.78 is 2.30. The Kier molecular flexibility index (Phi) is 2.87. The Morgan fingerprint density at radius 2 is 2.50 bits per heavy atom. The van der Waals surface area contributed by atoms with Gasteiger partial charge in [-0.1, -0.05) is 0 Å². The lowest BCUT2D eigenvalue weighted by atomic mass is 10.1. The number of rotatable bonds is 3. The Morgan fingerprint density at radius 3 is 3.21 bits per heavy atom. The third-order valence-corrected chi connectivity index (χ3v) is 2.95. The van der Waals surface area contributed by atoms with E-state index in [2.05, 4.69) is 22.7 Å². The molecule has 3 heteroatoms. The van der Waals surface area contributed by atoms with Gasteiger partial charge in [0, 0.05) is 25.3 Å². The lowest BCUT2D eigenvalue weighted by molar-refractivity contribution is 0.288. The van der Waals surface area contributed by atoms with Crippen molar-refractivity contribution in [1.29, 1.82) is 0 Å². The summed E-state index contributed by atoms with van der Waals surface area (Å²) >= 11 is 0. The highest BCUT2D eigenvalue weighted by atomic mass is 16.2. The molecule has 0 amide bonds. The molecule has 0 aliphatic carbocycles. The number of aliphatic hydroxyl groups excluding tert-OH is 1. The second-order valence-electron chi connectivity index (χ2n) is 4.12. The molecule has 0 fully saturated rings. The SMILES string of the molecule is CC1CCCc2nc(CCCO)cn21. The lowest BCUT2D eigenvalue weighted by Crippen LogP contribution is -2.14. The highest BCUT2D eigenvalue weighted by Crippen LogP contribution is 2.24. The molecule has 1 aromatic rings. The molecular formula is C11H18N2O. The van der Waals surface area contributed by atoms with Gasteiger partial charge in [0.2, 0.25) is 0 Å². The first-order chi connectivity index (χ1) is 6.81. The van der Waals surface area contributed by atoms with E-state index >= 15 is 0 Å². The lowest BCUT2D eigenvalue weighted by Gasteiger charge is -2.20. The number of nitrogens with zero attached hydrogens (tertiary/aromatic N) is 2. The van der Waals surface area contributed by atoms with Crippen molar-refractivity contribution in [2.45, 2.75) is 45.1 Å². The van der Waals surface area contributed by atoms with Gasteiger partial charge >= 0.3 is 0 Å². The number of hydrogen-bond donors (Lipinski definition) is 1. The predicted octanol–water partition coefficient (Wildman–Crippen LogP) is 1.71. The van der Waals surface area contributed by atoms with Gasteiger partial charge in [0.25, 0.3) is 0 Å². The number of aryl methyl sites for hydroxylation is 2. The molecular weight excluding hydrogens is 176 g/mol. The highest BCUT2D eigenvalue weighted by molar-refractivity contribution is 5.08. The van der Waals surface area contributed by atoms with Crippen molar-refractivity contribution in [2.75, 3.05) is 6.61 Å². The maximum atomic E-state index is 8.75. The summed E-state index contributed by atoms with van der Waals surface area (Å²) in [6.45, 7) is 2.51. The first-order valence-corrected chi connectivity index (χ1v) is 5.48. The van der Waals surface area contributed by atoms with Gasteiger partial charge in [0.1, 0.15) is 5.82 Å². The topological polar surface area (TPSA) is 38.1 Å². The van der Waals surface area contributed by atoms with Crippen LogP contribution in [0.25, 0.3) is 0 Å². The minimum absolute atomic E-state index is 0.262. The van der Waals surface area contributed by atoms with E-state index in [-0.39, 0.29) is 6.61 Å². The number of aromatic nitrogens is 2. The molecule has 1 atom stereocenters. The van der Waals surface area contributed by atoms with Crippen LogP contribution in [-0.4, -0.2) is 21.3 Å². The van der Waals surface area contributed by atoms with Crippen LogP contribution in [0.15, 0.2) is 6.20 Å². The van der Waals surface area contributed by atoms with Crippen molar-refractivity contribution in [2.24, 2.45) is 0 Å². The van der Waals surface area contributed by atoms with Crippen LogP contribution in [0, 0.1) is 0 Å². The zero-order valence-electron chi connectivity index (χ0n) is 8.74. The van der Waals surface area contributed by atoms with E-state index in [1.807, 2.05) is 0 Å².